The van der Waals surface area contributed by atoms with Gasteiger partial charge in [-0.1, -0.05) is 36.4 Å². The lowest BCUT2D eigenvalue weighted by atomic mass is 9.80. The summed E-state index contributed by atoms with van der Waals surface area (Å²) in [5.41, 5.74) is 11.3. The molecule has 6 nitrogen and oxygen atoms in total. The summed E-state index contributed by atoms with van der Waals surface area (Å²) < 4.78 is 4.37. The second-order valence-corrected chi connectivity index (χ2v) is 9.15. The molecule has 1 fully saturated rings. The predicted octanol–water partition coefficient (Wildman–Crippen LogP) is 3.18. The molecule has 162 valence electrons. The molecule has 0 radical (unpaired) electrons. The first kappa shape index (κ1) is 19.3. The number of benzene rings is 2. The summed E-state index contributed by atoms with van der Waals surface area (Å²) in [6, 6.07) is 16.3. The molecule has 2 aromatic carbocycles. The van der Waals surface area contributed by atoms with Gasteiger partial charge in [-0.15, -0.1) is 0 Å². The van der Waals surface area contributed by atoms with Crippen molar-refractivity contribution < 1.29 is 9.59 Å². The minimum Gasteiger partial charge on any atom is -0.350 e. The van der Waals surface area contributed by atoms with E-state index in [0.29, 0.717) is 12.5 Å². The van der Waals surface area contributed by atoms with Crippen LogP contribution in [0.1, 0.15) is 35.1 Å². The zero-order chi connectivity index (χ0) is 22.0. The Bertz CT molecular complexity index is 1400. The largest absolute Gasteiger partial charge is 0.350 e. The van der Waals surface area contributed by atoms with Crippen LogP contribution in [0, 0.1) is 5.92 Å². The van der Waals surface area contributed by atoms with E-state index in [0.717, 1.165) is 52.3 Å². The molecule has 3 unspecified atom stereocenters. The third-order valence-electron chi connectivity index (χ3n) is 7.40. The Morgan fingerprint density at radius 3 is 2.44 bits per heavy atom. The molecular formula is C26H26N4O2. The normalized spacial score (nSPS) is 23.1. The molecule has 2 amide bonds. The van der Waals surface area contributed by atoms with E-state index in [1.807, 2.05) is 54.2 Å². The van der Waals surface area contributed by atoms with Gasteiger partial charge in [-0.05, 0) is 48.6 Å². The van der Waals surface area contributed by atoms with Gasteiger partial charge in [0.15, 0.2) is 0 Å². The summed E-state index contributed by atoms with van der Waals surface area (Å²) in [5.74, 6) is -1.07. The number of hydrogen-bond donors (Lipinski definition) is 2. The van der Waals surface area contributed by atoms with Crippen LogP contribution in [0.15, 0.2) is 54.7 Å². The summed E-state index contributed by atoms with van der Waals surface area (Å²) in [4.78, 5) is 26.5. The first-order valence-corrected chi connectivity index (χ1v) is 11.3. The van der Waals surface area contributed by atoms with E-state index in [1.54, 1.807) is 0 Å². The Labute approximate surface area is 186 Å². The molecule has 2 aliphatic heterocycles. The van der Waals surface area contributed by atoms with Crippen LogP contribution in [0.2, 0.25) is 0 Å². The van der Waals surface area contributed by atoms with Gasteiger partial charge in [-0.3, -0.25) is 14.9 Å². The Morgan fingerprint density at radius 1 is 0.969 bits per heavy atom. The van der Waals surface area contributed by atoms with Crippen LogP contribution in [0.4, 0.5) is 0 Å². The predicted molar refractivity (Wildman–Crippen MR) is 124 cm³/mol. The fraction of sp³-hybridized carbons (Fsp3) is 0.308. The smallest absolute Gasteiger partial charge is 0.235 e. The number of para-hydroxylation sites is 2. The number of nitrogens with one attached hydrogen (secondary N) is 1. The maximum atomic E-state index is 13.3. The van der Waals surface area contributed by atoms with Crippen molar-refractivity contribution in [1.82, 2.24) is 14.5 Å². The third kappa shape index (κ3) is 2.62. The van der Waals surface area contributed by atoms with Crippen LogP contribution < -0.4 is 11.1 Å². The molecule has 4 aromatic rings. The quantitative estimate of drug-likeness (QED) is 0.494. The number of carbonyl (C=O) groups excluding carboxylic acids is 2. The monoisotopic (exact) mass is 426 g/mol. The summed E-state index contributed by atoms with van der Waals surface area (Å²) in [6.07, 6.45) is 3.88. The summed E-state index contributed by atoms with van der Waals surface area (Å²) in [6.45, 7) is 1.51. The van der Waals surface area contributed by atoms with Crippen molar-refractivity contribution in [3.63, 3.8) is 0 Å². The van der Waals surface area contributed by atoms with Crippen molar-refractivity contribution in [2.75, 3.05) is 6.54 Å². The summed E-state index contributed by atoms with van der Waals surface area (Å²) in [7, 11) is 1.98. The molecule has 6 heteroatoms. The second-order valence-electron chi connectivity index (χ2n) is 9.15. The number of nitrogens with two attached hydrogens (primary N) is 1. The second kappa shape index (κ2) is 7.07. The van der Waals surface area contributed by atoms with E-state index in [4.69, 9.17) is 5.73 Å². The highest BCUT2D eigenvalue weighted by atomic mass is 16.2. The van der Waals surface area contributed by atoms with E-state index in [9.17, 15) is 9.59 Å². The first-order chi connectivity index (χ1) is 15.6. The number of imide groups is 1. The Kier molecular flexibility index (Phi) is 4.27. The molecule has 1 saturated heterocycles. The Hall–Kier alpha value is -3.38. The molecule has 32 heavy (non-hydrogen) atoms. The molecule has 0 bridgehead atoms. The molecule has 4 heterocycles. The Morgan fingerprint density at radius 2 is 1.66 bits per heavy atom. The highest BCUT2D eigenvalue weighted by molar-refractivity contribution is 6.13. The molecule has 0 spiro atoms. The summed E-state index contributed by atoms with van der Waals surface area (Å²) in [5, 5.41) is 4.75. The minimum atomic E-state index is -0.545. The van der Waals surface area contributed by atoms with E-state index < -0.39 is 11.8 Å². The van der Waals surface area contributed by atoms with E-state index in [2.05, 4.69) is 22.0 Å². The molecule has 0 saturated carbocycles. The third-order valence-corrected chi connectivity index (χ3v) is 7.40. The number of rotatable bonds is 3. The van der Waals surface area contributed by atoms with Crippen molar-refractivity contribution in [2.24, 2.45) is 18.7 Å². The number of aryl methyl sites for hydroxylation is 1. The lowest BCUT2D eigenvalue weighted by Gasteiger charge is -2.26. The molecule has 2 aromatic heterocycles. The van der Waals surface area contributed by atoms with E-state index in [-0.39, 0.29) is 11.8 Å². The van der Waals surface area contributed by atoms with Crippen LogP contribution in [0.25, 0.3) is 21.8 Å². The van der Waals surface area contributed by atoms with Crippen LogP contribution in [0.5, 0.6) is 0 Å². The lowest BCUT2D eigenvalue weighted by molar-refractivity contribution is -0.125. The maximum absolute atomic E-state index is 13.3. The van der Waals surface area contributed by atoms with Gasteiger partial charge in [0.05, 0.1) is 11.8 Å². The van der Waals surface area contributed by atoms with Gasteiger partial charge < -0.3 is 14.9 Å². The minimum absolute atomic E-state index is 0.201. The number of amides is 2. The van der Waals surface area contributed by atoms with Gasteiger partial charge in [-0.2, -0.15) is 0 Å². The van der Waals surface area contributed by atoms with Gasteiger partial charge in [0.25, 0.3) is 0 Å². The van der Waals surface area contributed by atoms with Gasteiger partial charge in [0.1, 0.15) is 0 Å². The molecule has 3 atom stereocenters. The zero-order valence-electron chi connectivity index (χ0n) is 18.0. The van der Waals surface area contributed by atoms with Crippen molar-refractivity contribution in [2.45, 2.75) is 31.2 Å². The van der Waals surface area contributed by atoms with Crippen LogP contribution in [0.3, 0.4) is 0 Å². The van der Waals surface area contributed by atoms with Gasteiger partial charge in [-0.25, -0.2) is 0 Å². The van der Waals surface area contributed by atoms with E-state index >= 15 is 0 Å². The lowest BCUT2D eigenvalue weighted by Crippen LogP contribution is -2.27. The van der Waals surface area contributed by atoms with Gasteiger partial charge >= 0.3 is 0 Å². The molecular weight excluding hydrogens is 400 g/mol. The highest BCUT2D eigenvalue weighted by Crippen LogP contribution is 2.46. The van der Waals surface area contributed by atoms with Crippen LogP contribution >= 0.6 is 0 Å². The number of carbonyl (C=O) groups is 2. The highest BCUT2D eigenvalue weighted by Gasteiger charge is 2.47. The topological polar surface area (TPSA) is 82.0 Å². The van der Waals surface area contributed by atoms with Crippen molar-refractivity contribution >= 4 is 33.6 Å². The molecule has 0 aliphatic carbocycles. The SMILES string of the molecule is Cn1cc(C2C(=O)NC(=O)C2c2c3n(c4ccccc24)CC(CN)CC3)c2ccccc21. The van der Waals surface area contributed by atoms with Crippen LogP contribution in [-0.2, 0) is 29.6 Å². The fourth-order valence-corrected chi connectivity index (χ4v) is 5.91. The van der Waals surface area contributed by atoms with E-state index in [1.165, 1.54) is 5.69 Å². The fourth-order valence-electron chi connectivity index (χ4n) is 5.91. The maximum Gasteiger partial charge on any atom is 0.235 e. The number of fused-ring (bicyclic) bond motifs is 4. The molecule has 2 aliphatic rings. The van der Waals surface area contributed by atoms with Crippen LogP contribution in [-0.4, -0.2) is 27.5 Å². The van der Waals surface area contributed by atoms with Crippen molar-refractivity contribution in [3.8, 4) is 0 Å². The summed E-state index contributed by atoms with van der Waals surface area (Å²) >= 11 is 0. The van der Waals surface area contributed by atoms with Crippen molar-refractivity contribution in [1.29, 1.82) is 0 Å². The Balaban J connectivity index is 1.59. The standard InChI is InChI=1S/C26H26N4O2/c1-29-14-18(16-6-2-4-8-19(16)29)23-24(26(32)28-25(23)31)22-17-7-3-5-9-20(17)30-13-15(12-27)10-11-21(22)30/h2-9,14-15,23-24H,10-13,27H2,1H3,(H,28,31,32). The average Bonchev–Trinajstić information content (AvgIpc) is 3.41. The average molecular weight is 427 g/mol. The van der Waals surface area contributed by atoms with Crippen molar-refractivity contribution in [3.05, 3.63) is 71.5 Å². The number of nitrogens with zero attached hydrogens (tertiary/aromatic N) is 2. The first-order valence-electron chi connectivity index (χ1n) is 11.3. The number of hydrogen-bond acceptors (Lipinski definition) is 3. The van der Waals surface area contributed by atoms with Gasteiger partial charge in [0, 0.05) is 47.3 Å². The van der Waals surface area contributed by atoms with Gasteiger partial charge in [0.2, 0.25) is 11.8 Å². The number of aromatic nitrogens is 2. The molecule has 6 rings (SSSR count). The molecule has 3 N–H and O–H groups in total. The zero-order valence-corrected chi connectivity index (χ0v) is 18.0.